The number of hydrogen-bond acceptors (Lipinski definition) is 5. The van der Waals surface area contributed by atoms with E-state index in [1.54, 1.807) is 49.5 Å². The van der Waals surface area contributed by atoms with Crippen molar-refractivity contribution < 1.29 is 14.6 Å². The Bertz CT molecular complexity index is 948. The molecule has 24 heavy (non-hydrogen) atoms. The molecule has 2 heterocycles. The lowest BCUT2D eigenvalue weighted by Crippen LogP contribution is -2.28. The molecular weight excluding hydrogens is 308 g/mol. The lowest BCUT2D eigenvalue weighted by Gasteiger charge is -2.14. The van der Waals surface area contributed by atoms with Crippen LogP contribution in [-0.2, 0) is 11.3 Å². The second-order valence-corrected chi connectivity index (χ2v) is 5.17. The Labute approximate surface area is 138 Å². The van der Waals surface area contributed by atoms with Crippen LogP contribution in [-0.4, -0.2) is 27.2 Å². The Morgan fingerprint density at radius 1 is 1.21 bits per heavy atom. The summed E-state index contributed by atoms with van der Waals surface area (Å²) in [5.74, 6) is -1.19. The van der Waals surface area contributed by atoms with Crippen LogP contribution in [0, 0.1) is 0 Å². The summed E-state index contributed by atoms with van der Waals surface area (Å²) in [7, 11) is 0. The molecule has 6 heteroatoms. The summed E-state index contributed by atoms with van der Waals surface area (Å²) in [4.78, 5) is 29.1. The lowest BCUT2D eigenvalue weighted by molar-refractivity contribution is 0.0520. The molecule has 0 unspecified atom stereocenters. The summed E-state index contributed by atoms with van der Waals surface area (Å²) in [6, 6.07) is 12.3. The van der Waals surface area contributed by atoms with Gasteiger partial charge in [0.25, 0.3) is 5.56 Å². The molecule has 122 valence electrons. The van der Waals surface area contributed by atoms with Crippen molar-refractivity contribution in [2.24, 2.45) is 0 Å². The molecule has 0 radical (unpaired) electrons. The summed E-state index contributed by atoms with van der Waals surface area (Å²) in [5, 5.41) is 10.8. The minimum absolute atomic E-state index is 0.116. The van der Waals surface area contributed by atoms with Crippen molar-refractivity contribution in [3.8, 4) is 5.75 Å². The highest BCUT2D eigenvalue weighted by molar-refractivity contribution is 5.99. The normalized spacial score (nSPS) is 10.7. The third kappa shape index (κ3) is 2.74. The average molecular weight is 324 g/mol. The molecule has 1 aromatic carbocycles. The van der Waals surface area contributed by atoms with Gasteiger partial charge in [0.2, 0.25) is 0 Å². The van der Waals surface area contributed by atoms with Crippen LogP contribution >= 0.6 is 0 Å². The highest BCUT2D eigenvalue weighted by Gasteiger charge is 2.23. The molecule has 3 aromatic rings. The molecule has 3 rings (SSSR count). The van der Waals surface area contributed by atoms with Gasteiger partial charge in [-0.3, -0.25) is 9.78 Å². The first-order valence-corrected chi connectivity index (χ1v) is 7.55. The maximum absolute atomic E-state index is 12.8. The van der Waals surface area contributed by atoms with E-state index in [9.17, 15) is 14.7 Å². The molecule has 6 nitrogen and oxygen atoms in total. The van der Waals surface area contributed by atoms with E-state index in [2.05, 4.69) is 4.98 Å². The van der Waals surface area contributed by atoms with E-state index >= 15 is 0 Å². The van der Waals surface area contributed by atoms with E-state index in [4.69, 9.17) is 4.74 Å². The Morgan fingerprint density at radius 2 is 1.96 bits per heavy atom. The fraction of sp³-hybridized carbons (Fsp3) is 0.167. The van der Waals surface area contributed by atoms with Gasteiger partial charge in [-0.2, -0.15) is 0 Å². The monoisotopic (exact) mass is 324 g/mol. The van der Waals surface area contributed by atoms with E-state index in [1.165, 1.54) is 4.57 Å². The number of benzene rings is 1. The first-order valence-electron chi connectivity index (χ1n) is 7.55. The molecular formula is C18H16N2O4. The van der Waals surface area contributed by atoms with E-state index in [1.807, 2.05) is 6.07 Å². The van der Waals surface area contributed by atoms with E-state index < -0.39 is 11.5 Å². The zero-order valence-electron chi connectivity index (χ0n) is 13.1. The van der Waals surface area contributed by atoms with Crippen molar-refractivity contribution >= 4 is 16.9 Å². The molecule has 0 aliphatic carbocycles. The van der Waals surface area contributed by atoms with E-state index in [0.29, 0.717) is 16.6 Å². The predicted octanol–water partition coefficient (Wildman–Crippen LogP) is 2.33. The van der Waals surface area contributed by atoms with Crippen molar-refractivity contribution in [2.45, 2.75) is 13.5 Å². The number of esters is 1. The molecule has 0 aliphatic heterocycles. The van der Waals surface area contributed by atoms with Gasteiger partial charge in [-0.1, -0.05) is 18.2 Å². The molecule has 0 spiro atoms. The van der Waals surface area contributed by atoms with Gasteiger partial charge in [-0.05, 0) is 31.2 Å². The average Bonchev–Trinajstić information content (AvgIpc) is 2.60. The van der Waals surface area contributed by atoms with Gasteiger partial charge in [-0.25, -0.2) is 4.79 Å². The molecule has 0 saturated carbocycles. The summed E-state index contributed by atoms with van der Waals surface area (Å²) in [5.41, 5.74) is 0.241. The summed E-state index contributed by atoms with van der Waals surface area (Å²) >= 11 is 0. The molecule has 0 fully saturated rings. The van der Waals surface area contributed by atoms with Crippen LogP contribution in [0.5, 0.6) is 5.75 Å². The van der Waals surface area contributed by atoms with Gasteiger partial charge in [0.15, 0.2) is 5.56 Å². The molecule has 0 saturated heterocycles. The van der Waals surface area contributed by atoms with Crippen molar-refractivity contribution in [1.29, 1.82) is 0 Å². The summed E-state index contributed by atoms with van der Waals surface area (Å²) in [6.07, 6.45) is 1.63. The first-order chi connectivity index (χ1) is 11.6. The molecule has 1 N–H and O–H groups in total. The topological polar surface area (TPSA) is 81.4 Å². The minimum Gasteiger partial charge on any atom is -0.506 e. The molecule has 0 atom stereocenters. The van der Waals surface area contributed by atoms with Crippen LogP contribution in [0.4, 0.5) is 0 Å². The van der Waals surface area contributed by atoms with Gasteiger partial charge in [0.05, 0.1) is 24.4 Å². The van der Waals surface area contributed by atoms with Crippen LogP contribution in [0.25, 0.3) is 10.9 Å². The fourth-order valence-corrected chi connectivity index (χ4v) is 2.59. The number of pyridine rings is 2. The number of aromatic nitrogens is 2. The van der Waals surface area contributed by atoms with Gasteiger partial charge in [-0.15, -0.1) is 0 Å². The van der Waals surface area contributed by atoms with E-state index in [0.717, 1.165) is 0 Å². The van der Waals surface area contributed by atoms with E-state index in [-0.39, 0.29) is 24.5 Å². The first kappa shape index (κ1) is 15.7. The Balaban J connectivity index is 2.27. The number of hydrogen-bond donors (Lipinski definition) is 1. The van der Waals surface area contributed by atoms with Crippen LogP contribution in [0.15, 0.2) is 53.5 Å². The Morgan fingerprint density at radius 3 is 2.67 bits per heavy atom. The van der Waals surface area contributed by atoms with Gasteiger partial charge in [0.1, 0.15) is 5.75 Å². The van der Waals surface area contributed by atoms with Crippen LogP contribution in [0.1, 0.15) is 23.0 Å². The number of aromatic hydroxyl groups is 1. The SMILES string of the molecule is CCOC(=O)c1c(O)c2ccccc2n(Cc2ccccn2)c1=O. The zero-order valence-corrected chi connectivity index (χ0v) is 13.1. The highest BCUT2D eigenvalue weighted by atomic mass is 16.5. The van der Waals surface area contributed by atoms with Crippen LogP contribution < -0.4 is 5.56 Å². The number of carbonyl (C=O) groups excluding carboxylic acids is 1. The van der Waals surface area contributed by atoms with Crippen LogP contribution in [0.2, 0.25) is 0 Å². The number of para-hydroxylation sites is 1. The van der Waals surface area contributed by atoms with Crippen molar-refractivity contribution in [2.75, 3.05) is 6.61 Å². The smallest absolute Gasteiger partial charge is 0.347 e. The maximum atomic E-state index is 12.8. The second-order valence-electron chi connectivity index (χ2n) is 5.17. The Kier molecular flexibility index (Phi) is 4.29. The number of rotatable bonds is 4. The summed E-state index contributed by atoms with van der Waals surface area (Å²) < 4.78 is 6.34. The second kappa shape index (κ2) is 6.54. The zero-order chi connectivity index (χ0) is 17.1. The van der Waals surface area contributed by atoms with Gasteiger partial charge in [0, 0.05) is 11.6 Å². The van der Waals surface area contributed by atoms with Crippen molar-refractivity contribution in [3.05, 3.63) is 70.3 Å². The number of nitrogens with zero attached hydrogens (tertiary/aromatic N) is 2. The van der Waals surface area contributed by atoms with Crippen LogP contribution in [0.3, 0.4) is 0 Å². The van der Waals surface area contributed by atoms with Crippen molar-refractivity contribution in [3.63, 3.8) is 0 Å². The molecule has 2 aromatic heterocycles. The largest absolute Gasteiger partial charge is 0.506 e. The number of fused-ring (bicyclic) bond motifs is 1. The van der Waals surface area contributed by atoms with Crippen molar-refractivity contribution in [1.82, 2.24) is 9.55 Å². The third-order valence-electron chi connectivity index (χ3n) is 3.67. The Hall–Kier alpha value is -3.15. The summed E-state index contributed by atoms with van der Waals surface area (Å²) in [6.45, 7) is 1.94. The highest BCUT2D eigenvalue weighted by Crippen LogP contribution is 2.27. The number of carbonyl (C=O) groups is 1. The predicted molar refractivity (Wildman–Crippen MR) is 89.2 cm³/mol. The van der Waals surface area contributed by atoms with Gasteiger partial charge < -0.3 is 14.4 Å². The third-order valence-corrected chi connectivity index (χ3v) is 3.67. The quantitative estimate of drug-likeness (QED) is 0.745. The number of ether oxygens (including phenoxy) is 1. The standard InChI is InChI=1S/C18H16N2O4/c1-2-24-18(23)15-16(21)13-8-3-4-9-14(13)20(17(15)22)11-12-7-5-6-10-19-12/h3-10,21H,2,11H2,1H3. The van der Waals surface area contributed by atoms with Gasteiger partial charge >= 0.3 is 5.97 Å². The molecule has 0 aliphatic rings. The molecule has 0 bridgehead atoms. The molecule has 0 amide bonds. The fourth-order valence-electron chi connectivity index (χ4n) is 2.59. The minimum atomic E-state index is -0.833. The lowest BCUT2D eigenvalue weighted by atomic mass is 10.1. The maximum Gasteiger partial charge on any atom is 0.347 e.